The van der Waals surface area contributed by atoms with Crippen molar-refractivity contribution in [2.24, 2.45) is 0 Å². The Hall–Kier alpha value is -2.46. The van der Waals surface area contributed by atoms with Crippen molar-refractivity contribution in [2.75, 3.05) is 79.3 Å². The number of carboxylic acid groups (broad SMARTS) is 1. The Morgan fingerprint density at radius 3 is 1.51 bits per heavy atom. The Morgan fingerprint density at radius 1 is 0.622 bits per heavy atom. The summed E-state index contributed by atoms with van der Waals surface area (Å²) in [7, 11) is -3.77. The van der Waals surface area contributed by atoms with Crippen molar-refractivity contribution in [1.29, 1.82) is 0 Å². The molecular formula is C23H34O13S. The molecule has 1 rings (SSSR count). The zero-order valence-corrected chi connectivity index (χ0v) is 21.4. The van der Waals surface area contributed by atoms with E-state index in [0.29, 0.717) is 52.9 Å². The van der Waals surface area contributed by atoms with Crippen molar-refractivity contribution in [2.45, 2.75) is 17.7 Å². The molecule has 0 saturated heterocycles. The van der Waals surface area contributed by atoms with Gasteiger partial charge in [-0.05, 0) is 12.1 Å². The quantitative estimate of drug-likeness (QED) is 0.0815. The Labute approximate surface area is 216 Å². The van der Waals surface area contributed by atoms with Crippen LogP contribution in [0.2, 0.25) is 0 Å². The average Bonchev–Trinajstić information content (AvgIpc) is 2.89. The molecule has 0 heterocycles. The number of carbonyl (C=O) groups excluding carboxylic acids is 2. The highest BCUT2D eigenvalue weighted by molar-refractivity contribution is 7.86. The monoisotopic (exact) mass is 550 g/mol. The summed E-state index contributed by atoms with van der Waals surface area (Å²) in [6.45, 7) is 2.92. The topological polar surface area (TPSA) is 170 Å². The summed E-state index contributed by atoms with van der Waals surface area (Å²) >= 11 is 0. The predicted octanol–water partition coefficient (Wildman–Crippen LogP) is 0.452. The minimum Gasteiger partial charge on any atom is -0.476 e. The molecule has 14 heteroatoms. The molecule has 0 aliphatic carbocycles. The maximum absolute atomic E-state index is 11.9. The van der Waals surface area contributed by atoms with Crippen LogP contribution in [0.5, 0.6) is 0 Å². The lowest BCUT2D eigenvalue weighted by Crippen LogP contribution is -2.17. The molecule has 0 radical (unpaired) electrons. The summed E-state index contributed by atoms with van der Waals surface area (Å²) in [5, 5.41) is 8.41. The van der Waals surface area contributed by atoms with E-state index in [1.807, 2.05) is 0 Å². The van der Waals surface area contributed by atoms with E-state index < -0.39 is 34.3 Å². The van der Waals surface area contributed by atoms with Gasteiger partial charge in [-0.3, -0.25) is 13.8 Å². The first kappa shape index (κ1) is 32.6. The molecule has 0 unspecified atom stereocenters. The molecule has 1 N–H and O–H groups in total. The van der Waals surface area contributed by atoms with Gasteiger partial charge in [0.1, 0.15) is 6.61 Å². The van der Waals surface area contributed by atoms with Crippen LogP contribution in [-0.2, 0) is 57.1 Å². The lowest BCUT2D eigenvalue weighted by atomic mass is 10.2. The van der Waals surface area contributed by atoms with Crippen LogP contribution < -0.4 is 0 Å². The van der Waals surface area contributed by atoms with Crippen LogP contribution in [0.4, 0.5) is 0 Å². The maximum Gasteiger partial charge on any atom is 0.372 e. The van der Waals surface area contributed by atoms with Crippen molar-refractivity contribution >= 4 is 27.8 Å². The van der Waals surface area contributed by atoms with Gasteiger partial charge in [-0.25, -0.2) is 4.79 Å². The number of rotatable bonds is 24. The van der Waals surface area contributed by atoms with Gasteiger partial charge in [-0.1, -0.05) is 18.2 Å². The Kier molecular flexibility index (Phi) is 18.1. The summed E-state index contributed by atoms with van der Waals surface area (Å²) < 4.78 is 60.0. The van der Waals surface area contributed by atoms with E-state index in [1.165, 1.54) is 12.1 Å². The van der Waals surface area contributed by atoms with Gasteiger partial charge in [-0.2, -0.15) is 8.42 Å². The number of Topliss-reactive ketones (excluding diaryl/α,β-unsaturated/α-hetero) is 1. The molecule has 1 aromatic carbocycles. The van der Waals surface area contributed by atoms with E-state index in [4.69, 9.17) is 37.7 Å². The zero-order valence-electron chi connectivity index (χ0n) is 20.5. The molecule has 0 aliphatic heterocycles. The van der Waals surface area contributed by atoms with E-state index in [0.717, 1.165) is 0 Å². The molecule has 0 aromatic heterocycles. The van der Waals surface area contributed by atoms with Gasteiger partial charge >= 0.3 is 11.9 Å². The number of aliphatic carboxylic acids is 1. The first-order chi connectivity index (χ1) is 17.8. The summed E-state index contributed by atoms with van der Waals surface area (Å²) in [5.41, 5.74) is 0. The number of benzene rings is 1. The number of hydrogen-bond donors (Lipinski definition) is 1. The molecule has 13 nitrogen and oxygen atoms in total. The summed E-state index contributed by atoms with van der Waals surface area (Å²) in [5.74, 6) is -3.27. The van der Waals surface area contributed by atoms with Gasteiger partial charge in [0.05, 0.1) is 84.0 Å². The summed E-state index contributed by atoms with van der Waals surface area (Å²) in [6.07, 6.45) is -0.681. The molecule has 0 bridgehead atoms. The van der Waals surface area contributed by atoms with E-state index in [2.05, 4.69) is 0 Å². The number of carboxylic acids is 1. The highest BCUT2D eigenvalue weighted by Crippen LogP contribution is 2.10. The standard InChI is InChI=1S/C23H34O13S/c24-21(23(26)27)6-7-22(25)35-18-16-33-14-12-31-10-8-30-9-11-32-13-15-34-17-19-36-37(28,29)20-4-2-1-3-5-20/h1-5H,6-19H2,(H,26,27). The van der Waals surface area contributed by atoms with Crippen LogP contribution in [0.25, 0.3) is 0 Å². The fourth-order valence-corrected chi connectivity index (χ4v) is 3.36. The van der Waals surface area contributed by atoms with Gasteiger partial charge in [0.25, 0.3) is 10.1 Å². The third kappa shape index (κ3) is 17.6. The summed E-state index contributed by atoms with van der Waals surface area (Å²) in [6, 6.07) is 7.87. The molecular weight excluding hydrogens is 516 g/mol. The van der Waals surface area contributed by atoms with Crippen LogP contribution in [-0.4, -0.2) is 111 Å². The van der Waals surface area contributed by atoms with Gasteiger partial charge in [0.2, 0.25) is 5.78 Å². The summed E-state index contributed by atoms with van der Waals surface area (Å²) in [4.78, 5) is 32.6. The van der Waals surface area contributed by atoms with Crippen molar-refractivity contribution in [3.63, 3.8) is 0 Å². The first-order valence-corrected chi connectivity index (χ1v) is 13.0. The molecule has 210 valence electrons. The molecule has 0 saturated carbocycles. The van der Waals surface area contributed by atoms with Gasteiger partial charge < -0.3 is 33.5 Å². The molecule has 0 atom stereocenters. The van der Waals surface area contributed by atoms with E-state index in [9.17, 15) is 22.8 Å². The predicted molar refractivity (Wildman–Crippen MR) is 127 cm³/mol. The highest BCUT2D eigenvalue weighted by Gasteiger charge is 2.14. The van der Waals surface area contributed by atoms with Gasteiger partial charge in [-0.15, -0.1) is 0 Å². The Balaban J connectivity index is 1.79. The second-order valence-electron chi connectivity index (χ2n) is 7.10. The number of esters is 1. The number of carbonyl (C=O) groups is 3. The van der Waals surface area contributed by atoms with Crippen LogP contribution >= 0.6 is 0 Å². The fourth-order valence-electron chi connectivity index (χ4n) is 2.45. The zero-order chi connectivity index (χ0) is 27.2. The third-order valence-corrected chi connectivity index (χ3v) is 5.60. The molecule has 0 spiro atoms. The molecule has 37 heavy (non-hydrogen) atoms. The third-order valence-electron chi connectivity index (χ3n) is 4.27. The lowest BCUT2D eigenvalue weighted by Gasteiger charge is -2.08. The van der Waals surface area contributed by atoms with Crippen LogP contribution in [0.15, 0.2) is 35.2 Å². The second-order valence-corrected chi connectivity index (χ2v) is 8.72. The highest BCUT2D eigenvalue weighted by atomic mass is 32.2. The van der Waals surface area contributed by atoms with E-state index in [1.54, 1.807) is 18.2 Å². The van der Waals surface area contributed by atoms with Crippen LogP contribution in [0, 0.1) is 0 Å². The Bertz CT molecular complexity index is 874. The number of hydrogen-bond acceptors (Lipinski definition) is 12. The van der Waals surface area contributed by atoms with Crippen molar-refractivity contribution < 1.29 is 60.5 Å². The largest absolute Gasteiger partial charge is 0.476 e. The molecule has 0 amide bonds. The molecule has 0 fully saturated rings. The van der Waals surface area contributed by atoms with Crippen molar-refractivity contribution in [1.82, 2.24) is 0 Å². The number of ether oxygens (including phenoxy) is 6. The van der Waals surface area contributed by atoms with Crippen LogP contribution in [0.1, 0.15) is 12.8 Å². The normalized spacial score (nSPS) is 11.4. The van der Waals surface area contributed by atoms with Gasteiger partial charge in [0.15, 0.2) is 0 Å². The van der Waals surface area contributed by atoms with Gasteiger partial charge in [0, 0.05) is 6.42 Å². The lowest BCUT2D eigenvalue weighted by molar-refractivity contribution is -0.151. The van der Waals surface area contributed by atoms with Crippen molar-refractivity contribution in [3.05, 3.63) is 30.3 Å². The molecule has 0 aliphatic rings. The molecule has 1 aromatic rings. The number of ketones is 1. The minimum atomic E-state index is -3.77. The maximum atomic E-state index is 11.9. The second kappa shape index (κ2) is 20.6. The average molecular weight is 551 g/mol. The van der Waals surface area contributed by atoms with E-state index >= 15 is 0 Å². The van der Waals surface area contributed by atoms with E-state index in [-0.39, 0.29) is 37.7 Å². The first-order valence-electron chi connectivity index (χ1n) is 11.6. The van der Waals surface area contributed by atoms with Crippen molar-refractivity contribution in [3.8, 4) is 0 Å². The van der Waals surface area contributed by atoms with Crippen LogP contribution in [0.3, 0.4) is 0 Å². The Morgan fingerprint density at radius 2 is 1.05 bits per heavy atom. The SMILES string of the molecule is O=C(CCC(=O)C(=O)O)OCCOCCOCCOCCOCCOCCOS(=O)(=O)c1ccccc1. The fraction of sp³-hybridized carbons (Fsp3) is 0.609. The smallest absolute Gasteiger partial charge is 0.372 e. The minimum absolute atomic E-state index is 0.00179.